The number of carbonyl (C=O) groups is 1. The summed E-state index contributed by atoms with van der Waals surface area (Å²) in [4.78, 5) is 13.8. The summed E-state index contributed by atoms with van der Waals surface area (Å²) in [6.45, 7) is 8.11. The second-order valence-electron chi connectivity index (χ2n) is 5.10. The van der Waals surface area contributed by atoms with Crippen LogP contribution in [0.2, 0.25) is 0 Å². The monoisotopic (exact) mass is 223 g/mol. The van der Waals surface area contributed by atoms with Crippen molar-refractivity contribution < 1.29 is 4.79 Å². The van der Waals surface area contributed by atoms with Crippen LogP contribution >= 0.6 is 0 Å². The van der Waals surface area contributed by atoms with E-state index in [1.54, 1.807) is 0 Å². The normalized spacial score (nSPS) is 22.8. The molecule has 4 heteroatoms. The maximum absolute atomic E-state index is 11.9. The molecule has 0 bridgehead atoms. The van der Waals surface area contributed by atoms with Crippen molar-refractivity contribution in [3.63, 3.8) is 0 Å². The van der Waals surface area contributed by atoms with Crippen LogP contribution in [0.5, 0.6) is 0 Å². The van der Waals surface area contributed by atoms with E-state index in [1.165, 1.54) is 0 Å². The fraction of sp³-hybridized carbons (Fsp3) is 0.833. The van der Waals surface area contributed by atoms with Crippen molar-refractivity contribution in [2.75, 3.05) is 19.6 Å². The van der Waals surface area contributed by atoms with Gasteiger partial charge in [-0.3, -0.25) is 4.79 Å². The quantitative estimate of drug-likeness (QED) is 0.780. The largest absolute Gasteiger partial charge is 0.341 e. The molecule has 1 aliphatic heterocycles. The van der Waals surface area contributed by atoms with Gasteiger partial charge in [-0.15, -0.1) is 0 Å². The van der Waals surface area contributed by atoms with E-state index in [0.29, 0.717) is 6.54 Å². The molecule has 1 N–H and O–H groups in total. The second-order valence-corrected chi connectivity index (χ2v) is 5.10. The Labute approximate surface area is 97.6 Å². The van der Waals surface area contributed by atoms with Crippen molar-refractivity contribution in [2.24, 2.45) is 5.41 Å². The van der Waals surface area contributed by atoms with E-state index >= 15 is 0 Å². The molecule has 1 unspecified atom stereocenters. The lowest BCUT2D eigenvalue weighted by atomic mass is 9.91. The topological polar surface area (TPSA) is 56.1 Å². The minimum Gasteiger partial charge on any atom is -0.341 e. The summed E-state index contributed by atoms with van der Waals surface area (Å²) in [6.07, 6.45) is 1.73. The molecule has 0 saturated carbocycles. The number of carbonyl (C=O) groups excluding carboxylic acids is 1. The molecule has 0 radical (unpaired) electrons. The summed E-state index contributed by atoms with van der Waals surface area (Å²) < 4.78 is 0. The van der Waals surface area contributed by atoms with E-state index in [-0.39, 0.29) is 17.4 Å². The highest BCUT2D eigenvalue weighted by atomic mass is 16.2. The predicted molar refractivity (Wildman–Crippen MR) is 62.7 cm³/mol. The van der Waals surface area contributed by atoms with E-state index in [0.717, 1.165) is 25.9 Å². The van der Waals surface area contributed by atoms with Gasteiger partial charge in [0.25, 0.3) is 0 Å². The van der Waals surface area contributed by atoms with Gasteiger partial charge in [0.15, 0.2) is 0 Å². The van der Waals surface area contributed by atoms with Gasteiger partial charge in [-0.1, -0.05) is 0 Å². The molecular formula is C12H21N3O. The van der Waals surface area contributed by atoms with E-state index in [9.17, 15) is 4.79 Å². The Hall–Kier alpha value is -1.08. The molecule has 0 aromatic carbocycles. The lowest BCUT2D eigenvalue weighted by Crippen LogP contribution is -2.42. The number of amides is 1. The highest BCUT2D eigenvalue weighted by Crippen LogP contribution is 2.19. The highest BCUT2D eigenvalue weighted by molar-refractivity contribution is 5.81. The van der Waals surface area contributed by atoms with E-state index < -0.39 is 0 Å². The van der Waals surface area contributed by atoms with E-state index in [1.807, 2.05) is 25.7 Å². The first-order chi connectivity index (χ1) is 7.46. The summed E-state index contributed by atoms with van der Waals surface area (Å²) in [5.74, 6) is 0.159. The Morgan fingerprint density at radius 1 is 1.62 bits per heavy atom. The third-order valence-electron chi connectivity index (χ3n) is 3.05. The van der Waals surface area contributed by atoms with Crippen LogP contribution in [-0.2, 0) is 4.79 Å². The number of nitriles is 1. The maximum Gasteiger partial charge on any atom is 0.239 e. The Balaban J connectivity index is 2.52. The zero-order valence-corrected chi connectivity index (χ0v) is 10.4. The molecule has 1 saturated heterocycles. The van der Waals surface area contributed by atoms with Crippen molar-refractivity contribution in [1.82, 2.24) is 10.2 Å². The first-order valence-corrected chi connectivity index (χ1v) is 5.90. The van der Waals surface area contributed by atoms with Gasteiger partial charge < -0.3 is 10.2 Å². The first-order valence-electron chi connectivity index (χ1n) is 5.90. The van der Waals surface area contributed by atoms with Gasteiger partial charge in [0.1, 0.15) is 0 Å². The number of rotatable bonds is 3. The summed E-state index contributed by atoms with van der Waals surface area (Å²) in [5, 5.41) is 12.1. The molecule has 1 heterocycles. The van der Waals surface area contributed by atoms with Crippen LogP contribution in [-0.4, -0.2) is 36.5 Å². The molecule has 0 aromatic heterocycles. The van der Waals surface area contributed by atoms with E-state index in [4.69, 9.17) is 5.26 Å². The number of hydrogen-bond acceptors (Lipinski definition) is 3. The van der Waals surface area contributed by atoms with Crippen LogP contribution in [0.1, 0.15) is 33.6 Å². The first kappa shape index (κ1) is 13.0. The number of hydrogen-bond donors (Lipinski definition) is 1. The van der Waals surface area contributed by atoms with Crippen molar-refractivity contribution in [3.8, 4) is 6.07 Å². The fourth-order valence-electron chi connectivity index (χ4n) is 1.75. The van der Waals surface area contributed by atoms with Crippen LogP contribution in [0.4, 0.5) is 0 Å². The standard InChI is InChI=1S/C12H21N3O/c1-10-11(16)15(7-4-6-14-10)8-5-12(2,3)9-13/h10,14H,4-8H2,1-3H3. The zero-order valence-electron chi connectivity index (χ0n) is 10.4. The van der Waals surface area contributed by atoms with Crippen LogP contribution in [0.3, 0.4) is 0 Å². The Morgan fingerprint density at radius 2 is 2.31 bits per heavy atom. The molecule has 1 atom stereocenters. The van der Waals surface area contributed by atoms with Gasteiger partial charge in [0.05, 0.1) is 17.5 Å². The third-order valence-corrected chi connectivity index (χ3v) is 3.05. The molecule has 1 aliphatic rings. The maximum atomic E-state index is 11.9. The molecular weight excluding hydrogens is 202 g/mol. The Kier molecular flexibility index (Phi) is 4.31. The summed E-state index contributed by atoms with van der Waals surface area (Å²) in [5.41, 5.74) is -0.344. The smallest absolute Gasteiger partial charge is 0.239 e. The van der Waals surface area contributed by atoms with Gasteiger partial charge in [-0.25, -0.2) is 0 Å². The minimum absolute atomic E-state index is 0.0901. The molecule has 1 rings (SSSR count). The molecule has 4 nitrogen and oxygen atoms in total. The number of nitrogens with one attached hydrogen (secondary N) is 1. The summed E-state index contributed by atoms with van der Waals surface area (Å²) in [6, 6.07) is 2.18. The average Bonchev–Trinajstić information content (AvgIpc) is 2.40. The van der Waals surface area contributed by atoms with Gasteiger partial charge in [-0.2, -0.15) is 5.26 Å². The van der Waals surface area contributed by atoms with Crippen molar-refractivity contribution in [3.05, 3.63) is 0 Å². The van der Waals surface area contributed by atoms with Crippen molar-refractivity contribution >= 4 is 5.91 Å². The molecule has 0 aromatic rings. The van der Waals surface area contributed by atoms with Gasteiger partial charge in [-0.05, 0) is 40.2 Å². The SMILES string of the molecule is CC1NCCCN(CCC(C)(C)C#N)C1=O. The molecule has 0 aliphatic carbocycles. The third kappa shape index (κ3) is 3.49. The van der Waals surface area contributed by atoms with Gasteiger partial charge >= 0.3 is 0 Å². The van der Waals surface area contributed by atoms with Crippen molar-refractivity contribution in [1.29, 1.82) is 5.26 Å². The number of nitrogens with zero attached hydrogens (tertiary/aromatic N) is 2. The van der Waals surface area contributed by atoms with Crippen LogP contribution in [0.15, 0.2) is 0 Å². The lowest BCUT2D eigenvalue weighted by Gasteiger charge is -2.25. The van der Waals surface area contributed by atoms with Crippen LogP contribution in [0.25, 0.3) is 0 Å². The summed E-state index contributed by atoms with van der Waals surface area (Å²) >= 11 is 0. The highest BCUT2D eigenvalue weighted by Gasteiger charge is 2.25. The molecule has 1 fully saturated rings. The second kappa shape index (κ2) is 5.31. The summed E-state index contributed by atoms with van der Waals surface area (Å²) in [7, 11) is 0. The lowest BCUT2D eigenvalue weighted by molar-refractivity contribution is -0.132. The van der Waals surface area contributed by atoms with Crippen LogP contribution < -0.4 is 5.32 Å². The fourth-order valence-corrected chi connectivity index (χ4v) is 1.75. The molecule has 90 valence electrons. The predicted octanol–water partition coefficient (Wildman–Crippen LogP) is 1.14. The molecule has 1 amide bonds. The van der Waals surface area contributed by atoms with Crippen molar-refractivity contribution in [2.45, 2.75) is 39.7 Å². The Bertz CT molecular complexity index is 293. The van der Waals surface area contributed by atoms with Gasteiger partial charge in [0.2, 0.25) is 5.91 Å². The average molecular weight is 223 g/mol. The van der Waals surface area contributed by atoms with Gasteiger partial charge in [0, 0.05) is 13.1 Å². The van der Waals surface area contributed by atoms with Crippen LogP contribution in [0, 0.1) is 16.7 Å². The minimum atomic E-state index is -0.344. The molecule has 16 heavy (non-hydrogen) atoms. The molecule has 0 spiro atoms. The van der Waals surface area contributed by atoms with E-state index in [2.05, 4.69) is 11.4 Å². The Morgan fingerprint density at radius 3 is 2.94 bits per heavy atom. The zero-order chi connectivity index (χ0) is 12.2.